The van der Waals surface area contributed by atoms with Crippen molar-refractivity contribution in [3.63, 3.8) is 0 Å². The Morgan fingerprint density at radius 1 is 1.60 bits per heavy atom. The molecule has 2 N–H and O–H groups in total. The van der Waals surface area contributed by atoms with Gasteiger partial charge in [-0.25, -0.2) is 0 Å². The summed E-state index contributed by atoms with van der Waals surface area (Å²) in [5.41, 5.74) is 5.91. The van der Waals surface area contributed by atoms with E-state index < -0.39 is 0 Å². The fourth-order valence-electron chi connectivity index (χ4n) is 1.04. The van der Waals surface area contributed by atoms with E-state index in [0.29, 0.717) is 11.8 Å². The molecule has 0 saturated heterocycles. The number of rotatable bonds is 6. The Labute approximate surface area is 94.4 Å². The van der Waals surface area contributed by atoms with E-state index in [4.69, 9.17) is 10.3 Å². The molecule has 0 amide bonds. The van der Waals surface area contributed by atoms with Crippen LogP contribution in [0.1, 0.15) is 25.3 Å². The van der Waals surface area contributed by atoms with Crippen LogP contribution in [0.2, 0.25) is 0 Å². The first-order valence-corrected chi connectivity index (χ1v) is 6.37. The fraction of sp³-hybridized carbons (Fsp3) is 0.778. The molecule has 15 heavy (non-hydrogen) atoms. The van der Waals surface area contributed by atoms with Gasteiger partial charge in [-0.05, 0) is 30.5 Å². The molecule has 1 aromatic heterocycles. The van der Waals surface area contributed by atoms with Gasteiger partial charge in [0.05, 0.1) is 6.04 Å². The van der Waals surface area contributed by atoms with Crippen molar-refractivity contribution >= 4 is 17.7 Å². The van der Waals surface area contributed by atoms with E-state index in [1.807, 2.05) is 18.9 Å². The Hall–Kier alpha value is -0.750. The van der Waals surface area contributed by atoms with Gasteiger partial charge in [0.1, 0.15) is 0 Å². The summed E-state index contributed by atoms with van der Waals surface area (Å²) in [5.74, 6) is 2.13. The Kier molecular flexibility index (Phi) is 4.90. The van der Waals surface area contributed by atoms with Gasteiger partial charge >= 0.3 is 0 Å². The van der Waals surface area contributed by atoms with Crippen molar-refractivity contribution in [3.05, 3.63) is 5.89 Å². The zero-order valence-corrected chi connectivity index (χ0v) is 10.3. The minimum atomic E-state index is -0.149. The third-order valence-corrected chi connectivity index (χ3v) is 2.84. The fourth-order valence-corrected chi connectivity index (χ4v) is 1.53. The molecule has 0 aliphatic heterocycles. The van der Waals surface area contributed by atoms with Crippen LogP contribution >= 0.6 is 11.8 Å². The molecule has 0 unspecified atom stereocenters. The van der Waals surface area contributed by atoms with Crippen LogP contribution in [0, 0.1) is 0 Å². The van der Waals surface area contributed by atoms with Crippen LogP contribution in [0.4, 0.5) is 5.95 Å². The first-order chi connectivity index (χ1) is 7.19. The Morgan fingerprint density at radius 3 is 2.93 bits per heavy atom. The summed E-state index contributed by atoms with van der Waals surface area (Å²) in [7, 11) is 1.92. The highest BCUT2D eigenvalue weighted by Gasteiger charge is 2.15. The van der Waals surface area contributed by atoms with E-state index in [2.05, 4.69) is 16.4 Å². The molecule has 0 bridgehead atoms. The van der Waals surface area contributed by atoms with Crippen molar-refractivity contribution in [1.29, 1.82) is 0 Å². The quantitative estimate of drug-likeness (QED) is 0.794. The van der Waals surface area contributed by atoms with Crippen LogP contribution in [0.5, 0.6) is 0 Å². The standard InChI is InChI=1S/C9H18N4OS/c1-4-13(2)9-11-8(14-12-9)7(10)5-6-15-3/h7H,4-6,10H2,1-3H3/t7-/m0/s1. The summed E-state index contributed by atoms with van der Waals surface area (Å²) < 4.78 is 5.11. The smallest absolute Gasteiger partial charge is 0.265 e. The predicted octanol–water partition coefficient (Wildman–Crippen LogP) is 1.28. The lowest BCUT2D eigenvalue weighted by molar-refractivity contribution is 0.352. The van der Waals surface area contributed by atoms with Crippen LogP contribution in [0.15, 0.2) is 4.52 Å². The van der Waals surface area contributed by atoms with E-state index in [1.54, 1.807) is 11.8 Å². The summed E-state index contributed by atoms with van der Waals surface area (Å²) >= 11 is 1.76. The molecule has 1 aromatic rings. The van der Waals surface area contributed by atoms with Crippen LogP contribution in [0.25, 0.3) is 0 Å². The topological polar surface area (TPSA) is 68.2 Å². The molecule has 0 fully saturated rings. The summed E-state index contributed by atoms with van der Waals surface area (Å²) in [4.78, 5) is 6.16. The second-order valence-electron chi connectivity index (χ2n) is 3.33. The zero-order valence-electron chi connectivity index (χ0n) is 9.43. The lowest BCUT2D eigenvalue weighted by Gasteiger charge is -2.09. The van der Waals surface area contributed by atoms with Crippen molar-refractivity contribution < 1.29 is 4.52 Å². The van der Waals surface area contributed by atoms with Gasteiger partial charge in [-0.15, -0.1) is 0 Å². The Morgan fingerprint density at radius 2 is 2.33 bits per heavy atom. The van der Waals surface area contributed by atoms with Crippen LogP contribution in [-0.2, 0) is 0 Å². The SMILES string of the molecule is CCN(C)c1noc([C@@H](N)CCSC)n1. The van der Waals surface area contributed by atoms with E-state index in [9.17, 15) is 0 Å². The molecule has 5 nitrogen and oxygen atoms in total. The minimum absolute atomic E-state index is 0.149. The lowest BCUT2D eigenvalue weighted by Crippen LogP contribution is -2.17. The maximum atomic E-state index is 5.91. The number of thioether (sulfide) groups is 1. The average molecular weight is 230 g/mol. The highest BCUT2D eigenvalue weighted by atomic mass is 32.2. The predicted molar refractivity (Wildman–Crippen MR) is 63.2 cm³/mol. The minimum Gasteiger partial charge on any atom is -0.342 e. The third-order valence-electron chi connectivity index (χ3n) is 2.20. The molecule has 0 aliphatic carbocycles. The van der Waals surface area contributed by atoms with Gasteiger partial charge in [-0.2, -0.15) is 16.7 Å². The first-order valence-electron chi connectivity index (χ1n) is 4.98. The second-order valence-corrected chi connectivity index (χ2v) is 4.32. The largest absolute Gasteiger partial charge is 0.342 e. The van der Waals surface area contributed by atoms with Crippen molar-refractivity contribution in [2.24, 2.45) is 5.73 Å². The van der Waals surface area contributed by atoms with E-state index in [-0.39, 0.29) is 6.04 Å². The molecule has 1 heterocycles. The molecule has 0 aromatic carbocycles. The molecule has 0 radical (unpaired) electrons. The molecule has 1 rings (SSSR count). The van der Waals surface area contributed by atoms with Crippen LogP contribution in [0.3, 0.4) is 0 Å². The molecule has 6 heteroatoms. The maximum Gasteiger partial charge on any atom is 0.265 e. The summed E-state index contributed by atoms with van der Waals surface area (Å²) in [6.07, 6.45) is 2.91. The highest BCUT2D eigenvalue weighted by Crippen LogP contribution is 2.16. The first kappa shape index (κ1) is 12.3. The van der Waals surface area contributed by atoms with Crippen molar-refractivity contribution in [1.82, 2.24) is 10.1 Å². The van der Waals surface area contributed by atoms with E-state index >= 15 is 0 Å². The number of hydrogen-bond acceptors (Lipinski definition) is 6. The van der Waals surface area contributed by atoms with E-state index in [0.717, 1.165) is 18.7 Å². The molecule has 0 aliphatic rings. The van der Waals surface area contributed by atoms with Gasteiger partial charge in [0.15, 0.2) is 0 Å². The molecule has 86 valence electrons. The van der Waals surface area contributed by atoms with Crippen LogP contribution in [-0.4, -0.2) is 35.7 Å². The number of nitrogens with two attached hydrogens (primary N) is 1. The Bertz CT molecular complexity index is 291. The monoisotopic (exact) mass is 230 g/mol. The van der Waals surface area contributed by atoms with Gasteiger partial charge in [-0.1, -0.05) is 0 Å². The van der Waals surface area contributed by atoms with Crippen molar-refractivity contribution in [3.8, 4) is 0 Å². The van der Waals surface area contributed by atoms with Crippen LogP contribution < -0.4 is 10.6 Å². The third kappa shape index (κ3) is 3.39. The average Bonchev–Trinajstić information content (AvgIpc) is 2.74. The van der Waals surface area contributed by atoms with Crippen molar-refractivity contribution in [2.45, 2.75) is 19.4 Å². The zero-order chi connectivity index (χ0) is 11.3. The van der Waals surface area contributed by atoms with Gasteiger partial charge < -0.3 is 15.2 Å². The molecule has 1 atom stereocenters. The molecular formula is C9H18N4OS. The summed E-state index contributed by atoms with van der Waals surface area (Å²) in [6, 6.07) is -0.149. The molecular weight excluding hydrogens is 212 g/mol. The second kappa shape index (κ2) is 5.97. The summed E-state index contributed by atoms with van der Waals surface area (Å²) in [5, 5.41) is 3.87. The van der Waals surface area contributed by atoms with Crippen molar-refractivity contribution in [2.75, 3.05) is 30.5 Å². The molecule has 0 saturated carbocycles. The number of anilines is 1. The van der Waals surface area contributed by atoms with Gasteiger partial charge in [0.2, 0.25) is 5.89 Å². The number of hydrogen-bond donors (Lipinski definition) is 1. The summed E-state index contributed by atoms with van der Waals surface area (Å²) in [6.45, 7) is 2.88. The number of aromatic nitrogens is 2. The Balaban J connectivity index is 2.58. The normalized spacial score (nSPS) is 12.8. The van der Waals surface area contributed by atoms with E-state index in [1.165, 1.54) is 0 Å². The number of nitrogens with zero attached hydrogens (tertiary/aromatic N) is 3. The van der Waals surface area contributed by atoms with Gasteiger partial charge in [-0.3, -0.25) is 0 Å². The molecule has 0 spiro atoms. The lowest BCUT2D eigenvalue weighted by atomic mass is 10.2. The van der Waals surface area contributed by atoms with Gasteiger partial charge in [0, 0.05) is 13.6 Å². The maximum absolute atomic E-state index is 5.91. The van der Waals surface area contributed by atoms with Gasteiger partial charge in [0.25, 0.3) is 5.95 Å². The highest BCUT2D eigenvalue weighted by molar-refractivity contribution is 7.98.